The number of hydrogen-bond donors (Lipinski definition) is 1. The van der Waals surface area contributed by atoms with Crippen molar-refractivity contribution in [3.8, 4) is 11.1 Å². The second-order valence-corrected chi connectivity index (χ2v) is 3.87. The Morgan fingerprint density at radius 2 is 1.94 bits per heavy atom. The zero-order valence-corrected chi connectivity index (χ0v) is 9.22. The normalized spacial score (nSPS) is 10.7. The lowest BCUT2D eigenvalue weighted by Gasteiger charge is -2.03. The average molecular weight is 241 g/mol. The van der Waals surface area contributed by atoms with Crippen LogP contribution in [-0.4, -0.2) is 15.0 Å². The molecule has 0 saturated heterocycles. The summed E-state index contributed by atoms with van der Waals surface area (Å²) in [4.78, 5) is 21.7. The minimum absolute atomic E-state index is 0.267. The molecule has 0 atom stereocenters. The molecule has 2 heterocycles. The molecule has 0 aliphatic carbocycles. The molecule has 18 heavy (non-hydrogen) atoms. The second kappa shape index (κ2) is 4.03. The van der Waals surface area contributed by atoms with Crippen molar-refractivity contribution in [2.45, 2.75) is 0 Å². The Kier molecular flexibility index (Phi) is 2.37. The number of fused-ring (bicyclic) bond motifs is 1. The number of aromatic nitrogens is 3. The molecule has 1 N–H and O–H groups in total. The summed E-state index contributed by atoms with van der Waals surface area (Å²) in [6.45, 7) is 0. The number of hydrogen-bond acceptors (Lipinski definition) is 3. The zero-order valence-electron chi connectivity index (χ0n) is 9.22. The van der Waals surface area contributed by atoms with E-state index < -0.39 is 5.82 Å². The fraction of sp³-hybridized carbons (Fsp3) is 0. The molecule has 4 nitrogen and oxygen atoms in total. The highest BCUT2D eigenvalue weighted by Gasteiger charge is 2.02. The van der Waals surface area contributed by atoms with Gasteiger partial charge in [0.15, 0.2) is 0 Å². The van der Waals surface area contributed by atoms with Crippen LogP contribution in [0, 0.1) is 5.82 Å². The summed E-state index contributed by atoms with van der Waals surface area (Å²) in [5, 5.41) is 0. The first-order chi connectivity index (χ1) is 8.72. The maximum atomic E-state index is 13.1. The van der Waals surface area contributed by atoms with Gasteiger partial charge >= 0.3 is 0 Å². The van der Waals surface area contributed by atoms with Crippen LogP contribution in [0.4, 0.5) is 4.39 Å². The average Bonchev–Trinajstić information content (AvgIpc) is 2.38. The third-order valence-electron chi connectivity index (χ3n) is 2.61. The van der Waals surface area contributed by atoms with Gasteiger partial charge in [-0.3, -0.25) is 9.78 Å². The van der Waals surface area contributed by atoms with Crippen LogP contribution in [0.2, 0.25) is 0 Å². The van der Waals surface area contributed by atoms with Gasteiger partial charge in [0.05, 0.1) is 23.4 Å². The molecule has 0 fully saturated rings. The minimum Gasteiger partial charge on any atom is -0.319 e. The molecule has 0 saturated carbocycles. The lowest BCUT2D eigenvalue weighted by atomic mass is 10.1. The van der Waals surface area contributed by atoms with Gasteiger partial charge in [-0.1, -0.05) is 6.07 Å². The van der Waals surface area contributed by atoms with E-state index in [1.165, 1.54) is 12.3 Å². The first-order valence-electron chi connectivity index (χ1n) is 5.32. The third kappa shape index (κ3) is 1.86. The van der Waals surface area contributed by atoms with E-state index in [4.69, 9.17) is 0 Å². The molecule has 0 aliphatic heterocycles. The minimum atomic E-state index is -0.396. The summed E-state index contributed by atoms with van der Waals surface area (Å²) in [6, 6.07) is 6.72. The molecule has 0 radical (unpaired) electrons. The van der Waals surface area contributed by atoms with Crippen molar-refractivity contribution >= 4 is 11.0 Å². The number of pyridine rings is 1. The molecular weight excluding hydrogens is 233 g/mol. The first-order valence-corrected chi connectivity index (χ1v) is 5.32. The Morgan fingerprint density at radius 3 is 2.78 bits per heavy atom. The van der Waals surface area contributed by atoms with Gasteiger partial charge in [-0.2, -0.15) is 0 Å². The molecule has 2 aromatic heterocycles. The third-order valence-corrected chi connectivity index (χ3v) is 2.61. The molecule has 3 aromatic rings. The molecule has 1 aromatic carbocycles. The van der Waals surface area contributed by atoms with E-state index in [0.29, 0.717) is 16.6 Å². The largest absolute Gasteiger partial charge is 0.319 e. The van der Waals surface area contributed by atoms with Crippen molar-refractivity contribution in [3.63, 3.8) is 0 Å². The van der Waals surface area contributed by atoms with Crippen LogP contribution in [0.1, 0.15) is 0 Å². The predicted octanol–water partition coefficient (Wildman–Crippen LogP) is 2.12. The van der Waals surface area contributed by atoms with E-state index in [0.717, 1.165) is 11.8 Å². The lowest BCUT2D eigenvalue weighted by Crippen LogP contribution is -2.04. The monoisotopic (exact) mass is 241 g/mol. The fourth-order valence-electron chi connectivity index (χ4n) is 1.79. The highest BCUT2D eigenvalue weighted by molar-refractivity contribution is 5.80. The zero-order chi connectivity index (χ0) is 12.5. The Morgan fingerprint density at radius 1 is 1.06 bits per heavy atom. The van der Waals surface area contributed by atoms with Crippen LogP contribution >= 0.6 is 0 Å². The second-order valence-electron chi connectivity index (χ2n) is 3.87. The van der Waals surface area contributed by atoms with Crippen molar-refractivity contribution in [2.24, 2.45) is 0 Å². The van der Waals surface area contributed by atoms with E-state index in [2.05, 4.69) is 15.0 Å². The summed E-state index contributed by atoms with van der Waals surface area (Å²) in [7, 11) is 0. The van der Waals surface area contributed by atoms with Gasteiger partial charge in [-0.15, -0.1) is 0 Å². The number of benzene rings is 1. The summed E-state index contributed by atoms with van der Waals surface area (Å²) < 4.78 is 13.1. The van der Waals surface area contributed by atoms with E-state index in [-0.39, 0.29) is 5.56 Å². The number of nitrogens with one attached hydrogen (secondary N) is 1. The first kappa shape index (κ1) is 10.6. The van der Waals surface area contributed by atoms with Crippen LogP contribution in [0.5, 0.6) is 0 Å². The summed E-state index contributed by atoms with van der Waals surface area (Å²) in [5.41, 5.74) is 2.46. The standard InChI is InChI=1S/C13H8FN3O/c14-10-3-9(5-15-6-10)8-1-2-11-12(4-8)17-13(18)7-16-11/h1-7H,(H,17,18). The van der Waals surface area contributed by atoms with Crippen molar-refractivity contribution in [3.05, 3.63) is 59.0 Å². The smallest absolute Gasteiger partial charge is 0.266 e. The van der Waals surface area contributed by atoms with Gasteiger partial charge in [0, 0.05) is 11.8 Å². The van der Waals surface area contributed by atoms with Crippen molar-refractivity contribution in [1.29, 1.82) is 0 Å². The van der Waals surface area contributed by atoms with E-state index in [9.17, 15) is 9.18 Å². The summed E-state index contributed by atoms with van der Waals surface area (Å²) >= 11 is 0. The maximum Gasteiger partial charge on any atom is 0.266 e. The van der Waals surface area contributed by atoms with E-state index in [1.54, 1.807) is 18.3 Å². The molecule has 0 aliphatic rings. The van der Waals surface area contributed by atoms with Gasteiger partial charge in [-0.05, 0) is 23.8 Å². The van der Waals surface area contributed by atoms with Crippen LogP contribution in [0.25, 0.3) is 22.2 Å². The molecular formula is C13H8FN3O. The molecule has 3 rings (SSSR count). The Bertz CT molecular complexity index is 782. The highest BCUT2D eigenvalue weighted by atomic mass is 19.1. The van der Waals surface area contributed by atoms with Crippen molar-refractivity contribution in [2.75, 3.05) is 0 Å². The SMILES string of the molecule is O=c1cnc2ccc(-c3cncc(F)c3)cc2[nH]1. The van der Waals surface area contributed by atoms with Crippen LogP contribution in [0.15, 0.2) is 47.7 Å². The molecule has 0 spiro atoms. The number of aromatic amines is 1. The molecule has 0 bridgehead atoms. The number of H-pyrrole nitrogens is 1. The topological polar surface area (TPSA) is 58.6 Å². The van der Waals surface area contributed by atoms with Gasteiger partial charge in [-0.25, -0.2) is 9.37 Å². The summed E-state index contributed by atoms with van der Waals surface area (Å²) in [6.07, 6.45) is 3.94. The molecule has 88 valence electrons. The van der Waals surface area contributed by atoms with Gasteiger partial charge in [0.1, 0.15) is 5.82 Å². The van der Waals surface area contributed by atoms with Crippen LogP contribution < -0.4 is 5.56 Å². The van der Waals surface area contributed by atoms with Crippen LogP contribution in [-0.2, 0) is 0 Å². The highest BCUT2D eigenvalue weighted by Crippen LogP contribution is 2.21. The Balaban J connectivity index is 2.21. The van der Waals surface area contributed by atoms with Crippen molar-refractivity contribution < 1.29 is 4.39 Å². The number of halogens is 1. The fourth-order valence-corrected chi connectivity index (χ4v) is 1.79. The lowest BCUT2D eigenvalue weighted by molar-refractivity contribution is 0.622. The van der Waals surface area contributed by atoms with E-state index in [1.807, 2.05) is 6.07 Å². The molecule has 0 unspecified atom stereocenters. The maximum absolute atomic E-state index is 13.1. The molecule has 0 amide bonds. The summed E-state index contributed by atoms with van der Waals surface area (Å²) in [5.74, 6) is -0.396. The Hall–Kier alpha value is -2.56. The quantitative estimate of drug-likeness (QED) is 0.710. The molecule has 5 heteroatoms. The van der Waals surface area contributed by atoms with Crippen LogP contribution in [0.3, 0.4) is 0 Å². The van der Waals surface area contributed by atoms with Crippen molar-refractivity contribution in [1.82, 2.24) is 15.0 Å². The number of rotatable bonds is 1. The van der Waals surface area contributed by atoms with Gasteiger partial charge in [0.2, 0.25) is 0 Å². The van der Waals surface area contributed by atoms with Gasteiger partial charge in [0.25, 0.3) is 5.56 Å². The predicted molar refractivity (Wildman–Crippen MR) is 65.6 cm³/mol. The van der Waals surface area contributed by atoms with E-state index >= 15 is 0 Å². The number of nitrogens with zero attached hydrogens (tertiary/aromatic N) is 2. The Labute approximate surface area is 101 Å². The van der Waals surface area contributed by atoms with Gasteiger partial charge < -0.3 is 4.98 Å².